The number of ether oxygens (including phenoxy) is 4. The van der Waals surface area contributed by atoms with E-state index in [2.05, 4.69) is 55.4 Å². The summed E-state index contributed by atoms with van der Waals surface area (Å²) in [6, 6.07) is 0. The van der Waals surface area contributed by atoms with Crippen molar-refractivity contribution in [1.82, 2.24) is 0 Å². The summed E-state index contributed by atoms with van der Waals surface area (Å²) in [5.74, 6) is 0.911. The number of carbonyl (C=O) groups excluding carboxylic acids is 4. The molecule has 0 heterocycles. The molecule has 0 aliphatic rings. The fourth-order valence-electron chi connectivity index (χ4n) is 11.7. The van der Waals surface area contributed by atoms with Gasteiger partial charge < -0.3 is 33.8 Å². The lowest BCUT2D eigenvalue weighted by Crippen LogP contribution is -2.30. The number of phosphoric acid groups is 2. The van der Waals surface area contributed by atoms with Gasteiger partial charge >= 0.3 is 39.5 Å². The van der Waals surface area contributed by atoms with Gasteiger partial charge in [0.1, 0.15) is 19.3 Å². The molecule has 96 heavy (non-hydrogen) atoms. The van der Waals surface area contributed by atoms with Crippen molar-refractivity contribution in [3.8, 4) is 0 Å². The van der Waals surface area contributed by atoms with Crippen molar-refractivity contribution >= 4 is 39.5 Å². The molecule has 0 aliphatic carbocycles. The van der Waals surface area contributed by atoms with Gasteiger partial charge in [-0.3, -0.25) is 37.3 Å². The normalized spacial score (nSPS) is 14.4. The van der Waals surface area contributed by atoms with E-state index in [0.29, 0.717) is 31.6 Å². The molecule has 0 aromatic heterocycles. The predicted molar refractivity (Wildman–Crippen MR) is 391 cm³/mol. The van der Waals surface area contributed by atoms with Crippen LogP contribution in [0.15, 0.2) is 0 Å². The molecule has 0 saturated heterocycles. The molecule has 6 atom stereocenters. The van der Waals surface area contributed by atoms with Crippen molar-refractivity contribution in [3.63, 3.8) is 0 Å². The average Bonchev–Trinajstić information content (AvgIpc) is 3.65. The number of hydrogen-bond donors (Lipinski definition) is 3. The highest BCUT2D eigenvalue weighted by atomic mass is 31.2. The molecule has 0 saturated carbocycles. The highest BCUT2D eigenvalue weighted by Gasteiger charge is 2.30. The lowest BCUT2D eigenvalue weighted by atomic mass is 10.00. The topological polar surface area (TPSA) is 237 Å². The van der Waals surface area contributed by atoms with Crippen LogP contribution in [0.2, 0.25) is 0 Å². The van der Waals surface area contributed by atoms with E-state index in [1.54, 1.807) is 0 Å². The highest BCUT2D eigenvalue weighted by Crippen LogP contribution is 2.45. The van der Waals surface area contributed by atoms with Crippen LogP contribution in [0.3, 0.4) is 0 Å². The first-order chi connectivity index (χ1) is 46.1. The number of esters is 4. The first-order valence-electron chi connectivity index (χ1n) is 39.7. The Morgan fingerprint density at radius 2 is 0.500 bits per heavy atom. The van der Waals surface area contributed by atoms with E-state index in [1.807, 2.05) is 0 Å². The molecule has 17 nitrogen and oxygen atoms in total. The van der Waals surface area contributed by atoms with Gasteiger partial charge in [-0.1, -0.05) is 338 Å². The molecule has 19 heteroatoms. The molecule has 4 unspecified atom stereocenters. The van der Waals surface area contributed by atoms with Crippen molar-refractivity contribution in [2.45, 2.75) is 408 Å². The maximum absolute atomic E-state index is 13.1. The van der Waals surface area contributed by atoms with Gasteiger partial charge in [-0.2, -0.15) is 0 Å². The average molecular weight is 1410 g/mol. The molecule has 0 aromatic rings. The van der Waals surface area contributed by atoms with Gasteiger partial charge in [0.15, 0.2) is 12.2 Å². The van der Waals surface area contributed by atoms with E-state index in [0.717, 1.165) is 114 Å². The number of unbranched alkanes of at least 4 members (excludes halogenated alkanes) is 39. The van der Waals surface area contributed by atoms with Gasteiger partial charge in [0.2, 0.25) is 0 Å². The number of carbonyl (C=O) groups is 4. The SMILES string of the molecule is CCC(C)CCCCCCCCC(=O)O[C@H](COC(=O)CCCCCCCCCCCCCCCCCC(C)C)COP(=O)(O)OCC(O)COP(=O)(O)OC[C@@H](COC(=O)CCCCCCCCCC(C)C)OC(=O)CCCCCCCCCCCCCCCCCC(C)C. The number of hydrogen-bond acceptors (Lipinski definition) is 15. The van der Waals surface area contributed by atoms with E-state index in [9.17, 15) is 43.2 Å². The second kappa shape index (κ2) is 66.3. The monoisotopic (exact) mass is 1410 g/mol. The molecule has 0 aromatic carbocycles. The van der Waals surface area contributed by atoms with Crippen LogP contribution < -0.4 is 0 Å². The fourth-order valence-corrected chi connectivity index (χ4v) is 13.3. The summed E-state index contributed by atoms with van der Waals surface area (Å²) in [5.41, 5.74) is 0. The number of phosphoric ester groups is 2. The van der Waals surface area contributed by atoms with E-state index >= 15 is 0 Å². The summed E-state index contributed by atoms with van der Waals surface area (Å²) < 4.78 is 68.5. The largest absolute Gasteiger partial charge is 0.472 e. The minimum Gasteiger partial charge on any atom is -0.462 e. The summed E-state index contributed by atoms with van der Waals surface area (Å²) in [4.78, 5) is 72.8. The van der Waals surface area contributed by atoms with Crippen LogP contribution in [-0.4, -0.2) is 96.7 Å². The smallest absolute Gasteiger partial charge is 0.462 e. The zero-order chi connectivity index (χ0) is 71.0. The summed E-state index contributed by atoms with van der Waals surface area (Å²) in [5, 5.41) is 10.6. The Bertz CT molecular complexity index is 1890. The van der Waals surface area contributed by atoms with E-state index < -0.39 is 97.5 Å². The van der Waals surface area contributed by atoms with E-state index in [4.69, 9.17) is 37.0 Å². The molecule has 0 spiro atoms. The van der Waals surface area contributed by atoms with Crippen LogP contribution in [-0.2, 0) is 65.4 Å². The summed E-state index contributed by atoms with van der Waals surface area (Å²) >= 11 is 0. The standard InChI is InChI=1S/C77H150O17P2/c1-9-70(8)56-48-40-35-36-44-52-60-77(82)94-73(64-87-74(79)57-49-41-32-26-22-18-14-10-12-16-20-24-29-37-45-53-67(2)3)66-92-96(85,86)90-62-71(78)61-89-95(83,84)91-65-72(63-88-75(80)58-50-42-34-28-31-39-47-55-69(6)7)93-76(81)59-51-43-33-27-23-19-15-11-13-17-21-25-30-38-46-54-68(4)5/h67-73,78H,9-66H2,1-8H3,(H,83,84)(H,85,86)/t70?,71?,72-,73-/m1/s1. The second-order valence-corrected chi connectivity index (χ2v) is 32.3. The Morgan fingerprint density at radius 1 is 0.292 bits per heavy atom. The van der Waals surface area contributed by atoms with Crippen LogP contribution in [0.4, 0.5) is 0 Å². The Balaban J connectivity index is 5.18. The summed E-state index contributed by atoms with van der Waals surface area (Å²) in [6.07, 6.45) is 51.5. The molecule has 0 radical (unpaired) electrons. The number of rotatable bonds is 74. The Kier molecular flexibility index (Phi) is 65.0. The van der Waals surface area contributed by atoms with Crippen LogP contribution in [0.1, 0.15) is 389 Å². The third kappa shape index (κ3) is 69.2. The highest BCUT2D eigenvalue weighted by molar-refractivity contribution is 7.47. The maximum atomic E-state index is 13.1. The molecule has 0 amide bonds. The molecule has 0 fully saturated rings. The molecule has 0 aliphatic heterocycles. The Morgan fingerprint density at radius 3 is 0.740 bits per heavy atom. The molecule has 0 rings (SSSR count). The van der Waals surface area contributed by atoms with Crippen molar-refractivity contribution in [2.24, 2.45) is 23.7 Å². The summed E-state index contributed by atoms with van der Waals surface area (Å²) in [6.45, 7) is 14.2. The van der Waals surface area contributed by atoms with Gasteiger partial charge in [-0.15, -0.1) is 0 Å². The van der Waals surface area contributed by atoms with Crippen LogP contribution >= 0.6 is 15.6 Å². The zero-order valence-corrected chi connectivity index (χ0v) is 64.8. The minimum absolute atomic E-state index is 0.103. The molecular weight excluding hydrogens is 1260 g/mol. The molecule has 570 valence electrons. The number of aliphatic hydroxyl groups is 1. The molecule has 3 N–H and O–H groups in total. The van der Waals surface area contributed by atoms with Gasteiger partial charge in [0, 0.05) is 25.7 Å². The molecular formula is C77H150O17P2. The Labute approximate surface area is 588 Å². The van der Waals surface area contributed by atoms with E-state index in [-0.39, 0.29) is 25.7 Å². The first kappa shape index (κ1) is 94.1. The number of aliphatic hydroxyl groups excluding tert-OH is 1. The van der Waals surface area contributed by atoms with Gasteiger partial charge in [0.25, 0.3) is 0 Å². The third-order valence-electron chi connectivity index (χ3n) is 18.2. The van der Waals surface area contributed by atoms with Crippen molar-refractivity contribution in [2.75, 3.05) is 39.6 Å². The van der Waals surface area contributed by atoms with Crippen LogP contribution in [0.5, 0.6) is 0 Å². The fraction of sp³-hybridized carbons (Fsp3) is 0.948. The summed E-state index contributed by atoms with van der Waals surface area (Å²) in [7, 11) is -9.91. The predicted octanol–water partition coefficient (Wildman–Crippen LogP) is 22.4. The molecule has 0 bridgehead atoms. The van der Waals surface area contributed by atoms with Gasteiger partial charge in [-0.25, -0.2) is 9.13 Å². The van der Waals surface area contributed by atoms with Crippen LogP contribution in [0, 0.1) is 23.7 Å². The zero-order valence-electron chi connectivity index (χ0n) is 63.0. The van der Waals surface area contributed by atoms with Gasteiger partial charge in [0.05, 0.1) is 26.4 Å². The third-order valence-corrected chi connectivity index (χ3v) is 20.1. The van der Waals surface area contributed by atoms with Crippen molar-refractivity contribution in [1.29, 1.82) is 0 Å². The lowest BCUT2D eigenvalue weighted by Gasteiger charge is -2.21. The second-order valence-electron chi connectivity index (χ2n) is 29.4. The Hall–Kier alpha value is -1.94. The lowest BCUT2D eigenvalue weighted by molar-refractivity contribution is -0.161. The van der Waals surface area contributed by atoms with Crippen molar-refractivity contribution < 1.29 is 80.2 Å². The van der Waals surface area contributed by atoms with Gasteiger partial charge in [-0.05, 0) is 49.4 Å². The van der Waals surface area contributed by atoms with Crippen LogP contribution in [0.25, 0.3) is 0 Å². The minimum atomic E-state index is -4.96. The van der Waals surface area contributed by atoms with Crippen molar-refractivity contribution in [3.05, 3.63) is 0 Å². The maximum Gasteiger partial charge on any atom is 0.472 e. The quantitative estimate of drug-likeness (QED) is 0.0222. The van der Waals surface area contributed by atoms with E-state index in [1.165, 1.54) is 186 Å². The first-order valence-corrected chi connectivity index (χ1v) is 42.7.